The van der Waals surface area contributed by atoms with E-state index in [2.05, 4.69) is 5.32 Å². The molecule has 0 aliphatic carbocycles. The molecule has 3 nitrogen and oxygen atoms in total. The molecule has 0 saturated carbocycles. The normalized spacial score (nSPS) is 9.64. The highest BCUT2D eigenvalue weighted by molar-refractivity contribution is 6.42. The Bertz CT molecular complexity index is 342. The highest BCUT2D eigenvalue weighted by Gasteiger charge is 2.04. The zero-order valence-electron chi connectivity index (χ0n) is 7.51. The molecule has 0 aliphatic heterocycles. The molecule has 0 heterocycles. The topological polar surface area (TPSA) is 38.3 Å². The number of carbonyl (C=O) groups is 1. The second kappa shape index (κ2) is 5.08. The molecule has 0 bridgehead atoms. The van der Waals surface area contributed by atoms with Crippen molar-refractivity contribution in [3.05, 3.63) is 28.2 Å². The predicted molar refractivity (Wildman–Crippen MR) is 56.2 cm³/mol. The number of benzene rings is 1. The van der Waals surface area contributed by atoms with Crippen molar-refractivity contribution >= 4 is 29.3 Å². The molecular weight excluding hydrogens is 225 g/mol. The highest BCUT2D eigenvalue weighted by Crippen LogP contribution is 2.26. The van der Waals surface area contributed by atoms with E-state index in [1.54, 1.807) is 19.1 Å². The molecule has 0 aromatic heterocycles. The Morgan fingerprint density at radius 2 is 2.14 bits per heavy atom. The SMILES string of the molecule is CCNC(=O)Oc1ccc(Cl)c(Cl)c1. The Labute approximate surface area is 92.0 Å². The van der Waals surface area contributed by atoms with Gasteiger partial charge in [-0.1, -0.05) is 23.2 Å². The van der Waals surface area contributed by atoms with Gasteiger partial charge in [-0.25, -0.2) is 4.79 Å². The van der Waals surface area contributed by atoms with Gasteiger partial charge in [-0.05, 0) is 19.1 Å². The van der Waals surface area contributed by atoms with Crippen LogP contribution in [0.4, 0.5) is 4.79 Å². The first kappa shape index (κ1) is 11.1. The second-order valence-corrected chi connectivity index (χ2v) is 3.31. The maximum Gasteiger partial charge on any atom is 0.412 e. The van der Waals surface area contributed by atoms with E-state index in [0.717, 1.165) is 0 Å². The lowest BCUT2D eigenvalue weighted by Gasteiger charge is -2.05. The van der Waals surface area contributed by atoms with E-state index >= 15 is 0 Å². The van der Waals surface area contributed by atoms with Crippen molar-refractivity contribution in [3.8, 4) is 5.75 Å². The Balaban J connectivity index is 2.68. The van der Waals surface area contributed by atoms with Gasteiger partial charge in [0, 0.05) is 12.6 Å². The zero-order chi connectivity index (χ0) is 10.6. The predicted octanol–water partition coefficient (Wildman–Crippen LogP) is 3.10. The van der Waals surface area contributed by atoms with Crippen LogP contribution in [0.2, 0.25) is 10.0 Å². The van der Waals surface area contributed by atoms with E-state index in [1.165, 1.54) is 6.07 Å². The molecule has 14 heavy (non-hydrogen) atoms. The smallest absolute Gasteiger partial charge is 0.410 e. The summed E-state index contributed by atoms with van der Waals surface area (Å²) >= 11 is 11.4. The molecule has 76 valence electrons. The average molecular weight is 234 g/mol. The van der Waals surface area contributed by atoms with Crippen molar-refractivity contribution in [2.45, 2.75) is 6.92 Å². The minimum Gasteiger partial charge on any atom is -0.410 e. The largest absolute Gasteiger partial charge is 0.412 e. The minimum absolute atomic E-state index is 0.355. The van der Waals surface area contributed by atoms with Crippen molar-refractivity contribution in [2.24, 2.45) is 0 Å². The van der Waals surface area contributed by atoms with Crippen molar-refractivity contribution in [2.75, 3.05) is 6.54 Å². The maximum atomic E-state index is 11.0. The van der Waals surface area contributed by atoms with Crippen molar-refractivity contribution in [1.29, 1.82) is 0 Å². The highest BCUT2D eigenvalue weighted by atomic mass is 35.5. The molecule has 0 spiro atoms. The molecular formula is C9H9Cl2NO2. The van der Waals surface area contributed by atoms with Crippen LogP contribution in [0, 0.1) is 0 Å². The molecule has 5 heteroatoms. The summed E-state index contributed by atoms with van der Waals surface area (Å²) in [7, 11) is 0. The molecule has 0 radical (unpaired) electrons. The first-order valence-electron chi connectivity index (χ1n) is 4.04. The number of hydrogen-bond donors (Lipinski definition) is 1. The number of nitrogens with one attached hydrogen (secondary N) is 1. The van der Waals surface area contributed by atoms with Gasteiger partial charge in [0.2, 0.25) is 0 Å². The molecule has 1 aromatic rings. The van der Waals surface area contributed by atoms with E-state index in [0.29, 0.717) is 22.3 Å². The molecule has 0 saturated heterocycles. The molecule has 0 unspecified atom stereocenters. The summed E-state index contributed by atoms with van der Waals surface area (Å²) in [6.07, 6.45) is -0.508. The first-order valence-corrected chi connectivity index (χ1v) is 4.79. The van der Waals surface area contributed by atoms with Crippen LogP contribution in [0.15, 0.2) is 18.2 Å². The lowest BCUT2D eigenvalue weighted by Crippen LogP contribution is -2.26. The summed E-state index contributed by atoms with van der Waals surface area (Å²) in [4.78, 5) is 11.0. The van der Waals surface area contributed by atoms with Crippen LogP contribution in [-0.2, 0) is 0 Å². The Hall–Kier alpha value is -0.930. The van der Waals surface area contributed by atoms with Crippen LogP contribution >= 0.6 is 23.2 Å². The summed E-state index contributed by atoms with van der Waals surface area (Å²) in [5.41, 5.74) is 0. The third-order valence-electron chi connectivity index (χ3n) is 1.42. The summed E-state index contributed by atoms with van der Waals surface area (Å²) in [6.45, 7) is 2.32. The fourth-order valence-corrected chi connectivity index (χ4v) is 1.12. The standard InChI is InChI=1S/C9H9Cl2NO2/c1-2-12-9(13)14-6-3-4-7(10)8(11)5-6/h3-5H,2H2,1H3,(H,12,13). The third-order valence-corrected chi connectivity index (χ3v) is 2.16. The van der Waals surface area contributed by atoms with Gasteiger partial charge in [0.15, 0.2) is 0 Å². The lowest BCUT2D eigenvalue weighted by molar-refractivity contribution is 0.201. The van der Waals surface area contributed by atoms with Crippen LogP contribution in [0.25, 0.3) is 0 Å². The van der Waals surface area contributed by atoms with E-state index < -0.39 is 6.09 Å². The minimum atomic E-state index is -0.508. The lowest BCUT2D eigenvalue weighted by atomic mass is 10.3. The van der Waals surface area contributed by atoms with Crippen LogP contribution in [0.1, 0.15) is 6.92 Å². The number of ether oxygens (including phenoxy) is 1. The maximum absolute atomic E-state index is 11.0. The van der Waals surface area contributed by atoms with E-state index in [-0.39, 0.29) is 0 Å². The molecule has 1 N–H and O–H groups in total. The summed E-state index contributed by atoms with van der Waals surface area (Å²) in [6, 6.07) is 4.63. The molecule has 0 atom stereocenters. The van der Waals surface area contributed by atoms with Crippen LogP contribution < -0.4 is 10.1 Å². The van der Waals surface area contributed by atoms with Gasteiger partial charge < -0.3 is 10.1 Å². The van der Waals surface area contributed by atoms with Gasteiger partial charge in [0.1, 0.15) is 5.75 Å². The second-order valence-electron chi connectivity index (χ2n) is 2.50. The molecule has 0 aliphatic rings. The Morgan fingerprint density at radius 1 is 1.43 bits per heavy atom. The van der Waals surface area contributed by atoms with Gasteiger partial charge in [-0.2, -0.15) is 0 Å². The Morgan fingerprint density at radius 3 is 2.71 bits per heavy atom. The van der Waals surface area contributed by atoms with E-state index in [1.807, 2.05) is 0 Å². The van der Waals surface area contributed by atoms with E-state index in [9.17, 15) is 4.79 Å². The summed E-state index contributed by atoms with van der Waals surface area (Å²) < 4.78 is 4.90. The van der Waals surface area contributed by atoms with Gasteiger partial charge in [0.05, 0.1) is 10.0 Å². The fraction of sp³-hybridized carbons (Fsp3) is 0.222. The molecule has 1 rings (SSSR count). The average Bonchev–Trinajstić information content (AvgIpc) is 2.12. The van der Waals surface area contributed by atoms with Crippen LogP contribution in [0.5, 0.6) is 5.75 Å². The van der Waals surface area contributed by atoms with Gasteiger partial charge in [-0.15, -0.1) is 0 Å². The molecule has 1 aromatic carbocycles. The quantitative estimate of drug-likeness (QED) is 0.853. The Kier molecular flexibility index (Phi) is 4.04. The summed E-state index contributed by atoms with van der Waals surface area (Å²) in [5.74, 6) is 0.366. The third kappa shape index (κ3) is 3.09. The summed E-state index contributed by atoms with van der Waals surface area (Å²) in [5, 5.41) is 3.27. The first-order chi connectivity index (χ1) is 6.63. The number of carbonyl (C=O) groups excluding carboxylic acids is 1. The zero-order valence-corrected chi connectivity index (χ0v) is 9.02. The van der Waals surface area contributed by atoms with Gasteiger partial charge in [0.25, 0.3) is 0 Å². The monoisotopic (exact) mass is 233 g/mol. The van der Waals surface area contributed by atoms with Gasteiger partial charge in [-0.3, -0.25) is 0 Å². The molecule has 0 fully saturated rings. The van der Waals surface area contributed by atoms with Crippen molar-refractivity contribution < 1.29 is 9.53 Å². The fourth-order valence-electron chi connectivity index (χ4n) is 0.828. The number of rotatable bonds is 2. The van der Waals surface area contributed by atoms with Crippen LogP contribution in [0.3, 0.4) is 0 Å². The number of halogens is 2. The van der Waals surface area contributed by atoms with Crippen molar-refractivity contribution in [3.63, 3.8) is 0 Å². The van der Waals surface area contributed by atoms with Crippen LogP contribution in [-0.4, -0.2) is 12.6 Å². The number of amides is 1. The van der Waals surface area contributed by atoms with Gasteiger partial charge >= 0.3 is 6.09 Å². The van der Waals surface area contributed by atoms with E-state index in [4.69, 9.17) is 27.9 Å². The number of hydrogen-bond acceptors (Lipinski definition) is 2. The van der Waals surface area contributed by atoms with Crippen molar-refractivity contribution in [1.82, 2.24) is 5.32 Å². The molecule has 1 amide bonds.